The topological polar surface area (TPSA) is 105 Å². The van der Waals surface area contributed by atoms with Gasteiger partial charge >= 0.3 is 0 Å². The van der Waals surface area contributed by atoms with E-state index in [0.29, 0.717) is 6.42 Å². The van der Waals surface area contributed by atoms with E-state index in [4.69, 9.17) is 5.10 Å². The van der Waals surface area contributed by atoms with Gasteiger partial charge in [-0.15, -0.1) is 0 Å². The van der Waals surface area contributed by atoms with Gasteiger partial charge in [-0.25, -0.2) is 13.1 Å². The molecule has 7 nitrogen and oxygen atoms in total. The van der Waals surface area contributed by atoms with Gasteiger partial charge in [-0.1, -0.05) is 79.7 Å². The van der Waals surface area contributed by atoms with E-state index in [1.807, 2.05) is 61.1 Å². The van der Waals surface area contributed by atoms with Crippen LogP contribution in [0.4, 0.5) is 0 Å². The summed E-state index contributed by atoms with van der Waals surface area (Å²) in [7, 11) is -1.28. The molecule has 1 fully saturated rings. The number of aromatic nitrogens is 2. The van der Waals surface area contributed by atoms with Crippen LogP contribution < -0.4 is 4.72 Å². The zero-order valence-electron chi connectivity index (χ0n) is 24.0. The Morgan fingerprint density at radius 1 is 1.02 bits per heavy atom. The molecule has 2 aliphatic carbocycles. The number of benzene rings is 3. The van der Waals surface area contributed by atoms with Gasteiger partial charge < -0.3 is 0 Å². The molecule has 4 atom stereocenters. The molecule has 2 aliphatic rings. The van der Waals surface area contributed by atoms with E-state index >= 15 is 0 Å². The summed E-state index contributed by atoms with van der Waals surface area (Å²) in [4.78, 5) is 13.2. The van der Waals surface area contributed by atoms with Crippen LogP contribution in [-0.2, 0) is 40.2 Å². The SMILES string of the molecule is C[C@@H]1C(=O)C(C#N)C[C@@]2(c3ccccc3)c3nn(C)c(-c4cccc(-c5ccc(CNS(C)(=O)=O)cc5)c4)c3CC[C@@H]12. The van der Waals surface area contributed by atoms with Crippen LogP contribution in [0.5, 0.6) is 0 Å². The normalized spacial score (nSPS) is 23.6. The molecule has 42 heavy (non-hydrogen) atoms. The van der Waals surface area contributed by atoms with Crippen LogP contribution in [0.15, 0.2) is 78.9 Å². The van der Waals surface area contributed by atoms with E-state index < -0.39 is 21.4 Å². The molecule has 4 aromatic rings. The molecule has 1 unspecified atom stereocenters. The maximum atomic E-state index is 13.2. The van der Waals surface area contributed by atoms with E-state index in [0.717, 1.165) is 58.3 Å². The van der Waals surface area contributed by atoms with Gasteiger partial charge in [0.1, 0.15) is 5.92 Å². The maximum Gasteiger partial charge on any atom is 0.209 e. The number of nitrogens with zero attached hydrogens (tertiary/aromatic N) is 3. The lowest BCUT2D eigenvalue weighted by atomic mass is 9.51. The summed E-state index contributed by atoms with van der Waals surface area (Å²) in [6, 6.07) is 28.9. The molecule has 0 spiro atoms. The summed E-state index contributed by atoms with van der Waals surface area (Å²) in [5, 5.41) is 15.2. The molecule has 0 saturated heterocycles. The Balaban J connectivity index is 1.43. The zero-order valence-corrected chi connectivity index (χ0v) is 24.9. The Morgan fingerprint density at radius 2 is 1.74 bits per heavy atom. The standard InChI is InChI=1S/C34H34N4O3S/c1-22-30-17-16-29-31(26-9-7-8-25(18-26)24-14-12-23(13-15-24)21-36-42(3,40)41)38(2)37-33(29)34(30,19-27(20-35)32(22)39)28-10-5-4-6-11-28/h4-15,18,22,27,30,36H,16-17,19,21H2,1-3H3/t22-,27?,30-,34-/m0/s1. The molecule has 1 aromatic heterocycles. The number of Topliss-reactive ketones (excluding diaryl/α,β-unsaturated/α-hetero) is 1. The second-order valence-electron chi connectivity index (χ2n) is 11.7. The van der Waals surface area contributed by atoms with Crippen molar-refractivity contribution in [2.75, 3.05) is 6.26 Å². The highest BCUT2D eigenvalue weighted by molar-refractivity contribution is 7.88. The van der Waals surface area contributed by atoms with Crippen molar-refractivity contribution >= 4 is 15.8 Å². The number of rotatable bonds is 6. The smallest absolute Gasteiger partial charge is 0.209 e. The van der Waals surface area contributed by atoms with Crippen LogP contribution in [0.1, 0.15) is 42.1 Å². The third-order valence-electron chi connectivity index (χ3n) is 9.23. The highest BCUT2D eigenvalue weighted by atomic mass is 32.2. The predicted octanol–water partition coefficient (Wildman–Crippen LogP) is 5.40. The van der Waals surface area contributed by atoms with Gasteiger partial charge in [0.15, 0.2) is 5.78 Å². The molecule has 1 saturated carbocycles. The number of hydrogen-bond donors (Lipinski definition) is 1. The Morgan fingerprint density at radius 3 is 2.43 bits per heavy atom. The maximum absolute atomic E-state index is 13.2. The number of nitriles is 1. The van der Waals surface area contributed by atoms with Crippen LogP contribution in [-0.4, -0.2) is 30.2 Å². The number of nitrogens with one attached hydrogen (secondary N) is 1. The van der Waals surface area contributed by atoms with Gasteiger partial charge in [0.25, 0.3) is 0 Å². The first kappa shape index (κ1) is 28.1. The Bertz CT molecular complexity index is 1810. The second-order valence-corrected chi connectivity index (χ2v) is 13.6. The Kier molecular flexibility index (Phi) is 7.12. The predicted molar refractivity (Wildman–Crippen MR) is 163 cm³/mol. The first-order valence-corrected chi connectivity index (χ1v) is 16.2. The molecule has 6 rings (SSSR count). The van der Waals surface area contributed by atoms with Crippen LogP contribution in [0.3, 0.4) is 0 Å². The van der Waals surface area contributed by atoms with Gasteiger partial charge in [-0.2, -0.15) is 10.4 Å². The van der Waals surface area contributed by atoms with Gasteiger partial charge in [0, 0.05) is 36.1 Å². The van der Waals surface area contributed by atoms with Crippen molar-refractivity contribution in [1.29, 1.82) is 5.26 Å². The van der Waals surface area contributed by atoms with Crippen LogP contribution in [0.2, 0.25) is 0 Å². The van der Waals surface area contributed by atoms with Crippen molar-refractivity contribution in [3.05, 3.63) is 101 Å². The number of ketones is 1. The van der Waals surface area contributed by atoms with Gasteiger partial charge in [-0.3, -0.25) is 9.48 Å². The number of hydrogen-bond acceptors (Lipinski definition) is 5. The largest absolute Gasteiger partial charge is 0.298 e. The summed E-state index contributed by atoms with van der Waals surface area (Å²) in [5.74, 6) is -0.748. The lowest BCUT2D eigenvalue weighted by molar-refractivity contribution is -0.131. The number of aryl methyl sites for hydroxylation is 1. The van der Waals surface area contributed by atoms with Crippen molar-refractivity contribution in [2.24, 2.45) is 24.8 Å². The van der Waals surface area contributed by atoms with E-state index in [-0.39, 0.29) is 24.2 Å². The highest BCUT2D eigenvalue weighted by Gasteiger charge is 2.57. The summed E-state index contributed by atoms with van der Waals surface area (Å²) < 4.78 is 27.4. The van der Waals surface area contributed by atoms with E-state index in [1.54, 1.807) is 0 Å². The van der Waals surface area contributed by atoms with Gasteiger partial charge in [0.2, 0.25) is 10.0 Å². The fourth-order valence-corrected chi connectivity index (χ4v) is 7.73. The summed E-state index contributed by atoms with van der Waals surface area (Å²) in [5.41, 5.74) is 7.90. The number of sulfonamides is 1. The Hall–Kier alpha value is -4.06. The molecular formula is C34H34N4O3S. The first-order chi connectivity index (χ1) is 20.1. The second kappa shape index (κ2) is 10.6. The minimum Gasteiger partial charge on any atom is -0.298 e. The molecule has 0 aliphatic heterocycles. The molecule has 0 amide bonds. The Labute approximate surface area is 247 Å². The lowest BCUT2D eigenvalue weighted by Crippen LogP contribution is -2.52. The van der Waals surface area contributed by atoms with Crippen molar-refractivity contribution < 1.29 is 13.2 Å². The third-order valence-corrected chi connectivity index (χ3v) is 9.90. The van der Waals surface area contributed by atoms with E-state index in [9.17, 15) is 18.5 Å². The molecule has 1 heterocycles. The van der Waals surface area contributed by atoms with Crippen molar-refractivity contribution in [1.82, 2.24) is 14.5 Å². The quantitative estimate of drug-likeness (QED) is 0.330. The van der Waals surface area contributed by atoms with Crippen LogP contribution >= 0.6 is 0 Å². The minimum absolute atomic E-state index is 0.0551. The van der Waals surface area contributed by atoms with Crippen molar-refractivity contribution in [3.63, 3.8) is 0 Å². The zero-order chi connectivity index (χ0) is 29.6. The van der Waals surface area contributed by atoms with Crippen molar-refractivity contribution in [2.45, 2.75) is 38.1 Å². The van der Waals surface area contributed by atoms with Crippen molar-refractivity contribution in [3.8, 4) is 28.5 Å². The van der Waals surface area contributed by atoms with Gasteiger partial charge in [0.05, 0.1) is 23.7 Å². The van der Waals surface area contributed by atoms with Crippen LogP contribution in [0.25, 0.3) is 22.4 Å². The fourth-order valence-electron chi connectivity index (χ4n) is 7.30. The minimum atomic E-state index is -3.26. The first-order valence-electron chi connectivity index (χ1n) is 14.3. The number of fused-ring (bicyclic) bond motifs is 3. The molecule has 8 heteroatoms. The average Bonchev–Trinajstić information content (AvgIpc) is 3.34. The summed E-state index contributed by atoms with van der Waals surface area (Å²) in [6.07, 6.45) is 3.28. The third kappa shape index (κ3) is 4.77. The van der Waals surface area contributed by atoms with Crippen LogP contribution in [0, 0.1) is 29.1 Å². The molecule has 0 radical (unpaired) electrons. The fraction of sp³-hybridized carbons (Fsp3) is 0.324. The molecule has 3 aromatic carbocycles. The number of carbonyl (C=O) groups is 1. The lowest BCUT2D eigenvalue weighted by Gasteiger charge is -2.50. The number of carbonyl (C=O) groups excluding carboxylic acids is 1. The summed E-state index contributed by atoms with van der Waals surface area (Å²) in [6.45, 7) is 2.25. The van der Waals surface area contributed by atoms with E-state index in [2.05, 4.69) is 47.2 Å². The monoisotopic (exact) mass is 578 g/mol. The summed E-state index contributed by atoms with van der Waals surface area (Å²) >= 11 is 0. The molecule has 1 N–H and O–H groups in total. The molecule has 214 valence electrons. The molecular weight excluding hydrogens is 544 g/mol. The van der Waals surface area contributed by atoms with Gasteiger partial charge in [-0.05, 0) is 53.5 Å². The van der Waals surface area contributed by atoms with E-state index in [1.165, 1.54) is 5.56 Å². The molecule has 0 bridgehead atoms. The highest BCUT2D eigenvalue weighted by Crippen LogP contribution is 2.57. The average molecular weight is 579 g/mol.